The summed E-state index contributed by atoms with van der Waals surface area (Å²) in [5.74, 6) is 0.233. The van der Waals surface area contributed by atoms with Gasteiger partial charge in [-0.05, 0) is 24.3 Å². The van der Waals surface area contributed by atoms with Crippen LogP contribution in [0.2, 0.25) is 0 Å². The Morgan fingerprint density at radius 2 is 2.18 bits per heavy atom. The van der Waals surface area contributed by atoms with E-state index in [2.05, 4.69) is 20.0 Å². The lowest BCUT2D eigenvalue weighted by Gasteiger charge is -2.06. The lowest BCUT2D eigenvalue weighted by Crippen LogP contribution is -2.23. The minimum atomic E-state index is -0.256. The number of aromatic nitrogens is 4. The molecule has 0 fully saturated rings. The maximum absolute atomic E-state index is 11.4. The van der Waals surface area contributed by atoms with Crippen LogP contribution in [0.1, 0.15) is 6.42 Å². The molecule has 3 aromatic rings. The van der Waals surface area contributed by atoms with Crippen molar-refractivity contribution in [1.82, 2.24) is 14.2 Å². The Kier molecular flexibility index (Phi) is 4.76. The number of hydrogen-bond acceptors (Lipinski definition) is 5. The number of pyridine rings is 1. The summed E-state index contributed by atoms with van der Waals surface area (Å²) in [6, 6.07) is 5.71. The summed E-state index contributed by atoms with van der Waals surface area (Å²) in [4.78, 5) is 16.0. The van der Waals surface area contributed by atoms with E-state index in [1.165, 1.54) is 12.2 Å². The molecule has 0 unspecified atom stereocenters. The van der Waals surface area contributed by atoms with Crippen LogP contribution >= 0.6 is 0 Å². The fourth-order valence-corrected chi connectivity index (χ4v) is 3.04. The molecular weight excluding hydrogens is 356 g/mol. The summed E-state index contributed by atoms with van der Waals surface area (Å²) < 4.78 is 5.87. The van der Waals surface area contributed by atoms with Crippen molar-refractivity contribution in [3.05, 3.63) is 67.1 Å². The van der Waals surface area contributed by atoms with Crippen LogP contribution in [-0.2, 0) is 18.4 Å². The van der Waals surface area contributed by atoms with Crippen molar-refractivity contribution in [2.75, 3.05) is 11.9 Å². The summed E-state index contributed by atoms with van der Waals surface area (Å²) >= 11 is 0. The van der Waals surface area contributed by atoms with Crippen LogP contribution in [0.3, 0.4) is 0 Å². The van der Waals surface area contributed by atoms with E-state index in [0.717, 1.165) is 31.1 Å². The van der Waals surface area contributed by atoms with Crippen molar-refractivity contribution in [3.8, 4) is 0 Å². The molecule has 1 aliphatic carbocycles. The number of imidazole rings is 1. The molecule has 1 aliphatic rings. The lowest BCUT2D eigenvalue weighted by atomic mass is 10.1. The molecule has 3 aromatic heterocycles. The number of nitrogens with zero attached hydrogens (tertiary/aromatic N) is 5. The van der Waals surface area contributed by atoms with Crippen LogP contribution in [0.15, 0.2) is 72.1 Å². The SMILES string of the molecule is C[n+]1ccn(CCCNc2nn3ccccc3c2/N=C2\C=CC(=O)C=C2O)c1. The van der Waals surface area contributed by atoms with Crippen LogP contribution in [-0.4, -0.2) is 37.3 Å². The molecule has 0 spiro atoms. The molecule has 0 aromatic carbocycles. The maximum Gasteiger partial charge on any atom is 0.243 e. The van der Waals surface area contributed by atoms with Crippen molar-refractivity contribution >= 4 is 28.5 Å². The van der Waals surface area contributed by atoms with Crippen molar-refractivity contribution in [2.45, 2.75) is 13.0 Å². The number of aryl methyl sites for hydroxylation is 2. The highest BCUT2D eigenvalue weighted by Gasteiger charge is 2.16. The molecule has 0 amide bonds. The highest BCUT2D eigenvalue weighted by atomic mass is 16.3. The van der Waals surface area contributed by atoms with Gasteiger partial charge in [0.15, 0.2) is 11.6 Å². The zero-order chi connectivity index (χ0) is 19.5. The standard InChI is InChI=1S/C20H20N6O2/c1-24-11-12-25(14-24)9-4-8-21-20-19(17-5-2-3-10-26(17)23-20)22-16-7-6-15(27)13-18(16)28/h2-3,5-7,10-14H,4,8-9H2,1H3,(H-,21,23,27,28)/p+1/b22-16+. The van der Waals surface area contributed by atoms with Gasteiger partial charge in [-0.3, -0.25) is 4.79 Å². The fraction of sp³-hybridized carbons (Fsp3) is 0.200. The van der Waals surface area contributed by atoms with Gasteiger partial charge in [0, 0.05) is 25.2 Å². The van der Waals surface area contributed by atoms with Crippen LogP contribution in [0.25, 0.3) is 5.52 Å². The maximum atomic E-state index is 11.4. The minimum absolute atomic E-state index is 0.144. The van der Waals surface area contributed by atoms with Gasteiger partial charge >= 0.3 is 0 Å². The zero-order valence-electron chi connectivity index (χ0n) is 15.5. The van der Waals surface area contributed by atoms with Crippen molar-refractivity contribution < 1.29 is 14.5 Å². The second-order valence-electron chi connectivity index (χ2n) is 6.59. The van der Waals surface area contributed by atoms with E-state index in [-0.39, 0.29) is 11.5 Å². The molecule has 0 bridgehead atoms. The van der Waals surface area contributed by atoms with Gasteiger partial charge in [-0.2, -0.15) is 0 Å². The van der Waals surface area contributed by atoms with Gasteiger partial charge in [-0.15, -0.1) is 5.10 Å². The van der Waals surface area contributed by atoms with Gasteiger partial charge in [0.2, 0.25) is 6.33 Å². The summed E-state index contributed by atoms with van der Waals surface area (Å²) in [7, 11) is 1.99. The molecule has 2 N–H and O–H groups in total. The Hall–Kier alpha value is -3.68. The number of carbonyl (C=O) groups excluding carboxylic acids is 1. The topological polar surface area (TPSA) is 87.8 Å². The summed E-state index contributed by atoms with van der Waals surface area (Å²) in [5.41, 5.74) is 1.77. The van der Waals surface area contributed by atoms with E-state index in [9.17, 15) is 9.90 Å². The molecule has 0 saturated heterocycles. The smallest absolute Gasteiger partial charge is 0.243 e. The fourth-order valence-electron chi connectivity index (χ4n) is 3.04. The molecule has 3 heterocycles. The third-order valence-electron chi connectivity index (χ3n) is 4.40. The molecule has 28 heavy (non-hydrogen) atoms. The first kappa shape index (κ1) is 17.7. The van der Waals surface area contributed by atoms with E-state index in [1.807, 2.05) is 54.7 Å². The van der Waals surface area contributed by atoms with Crippen molar-refractivity contribution in [2.24, 2.45) is 12.0 Å². The molecule has 0 saturated carbocycles. The van der Waals surface area contributed by atoms with Gasteiger partial charge in [-0.25, -0.2) is 18.6 Å². The number of anilines is 1. The Morgan fingerprint density at radius 3 is 2.96 bits per heavy atom. The molecule has 142 valence electrons. The monoisotopic (exact) mass is 377 g/mol. The second kappa shape index (κ2) is 7.51. The van der Waals surface area contributed by atoms with Crippen LogP contribution in [0.4, 0.5) is 11.5 Å². The molecule has 0 atom stereocenters. The number of nitrogens with one attached hydrogen (secondary N) is 1. The van der Waals surface area contributed by atoms with Gasteiger partial charge in [-0.1, -0.05) is 6.07 Å². The molecule has 4 rings (SSSR count). The minimum Gasteiger partial charge on any atom is -0.506 e. The zero-order valence-corrected chi connectivity index (χ0v) is 15.5. The first-order valence-corrected chi connectivity index (χ1v) is 9.04. The van der Waals surface area contributed by atoms with Crippen molar-refractivity contribution in [1.29, 1.82) is 0 Å². The molecule has 8 nitrogen and oxygen atoms in total. The predicted molar refractivity (Wildman–Crippen MR) is 106 cm³/mol. The number of carbonyl (C=O) groups is 1. The molecule has 0 radical (unpaired) electrons. The van der Waals surface area contributed by atoms with E-state index in [0.29, 0.717) is 17.2 Å². The Balaban J connectivity index is 1.56. The Bertz CT molecular complexity index is 1120. The first-order valence-electron chi connectivity index (χ1n) is 9.04. The highest BCUT2D eigenvalue weighted by molar-refractivity contribution is 6.19. The van der Waals surface area contributed by atoms with Crippen LogP contribution in [0.5, 0.6) is 0 Å². The number of allylic oxidation sites excluding steroid dienone is 3. The number of aliphatic hydroxyl groups is 1. The first-order chi connectivity index (χ1) is 13.6. The van der Waals surface area contributed by atoms with E-state index < -0.39 is 0 Å². The average molecular weight is 377 g/mol. The lowest BCUT2D eigenvalue weighted by molar-refractivity contribution is -0.671. The Labute approximate surface area is 161 Å². The van der Waals surface area contributed by atoms with Gasteiger partial charge < -0.3 is 10.4 Å². The van der Waals surface area contributed by atoms with Crippen LogP contribution < -0.4 is 9.88 Å². The van der Waals surface area contributed by atoms with Crippen molar-refractivity contribution in [3.63, 3.8) is 0 Å². The number of aliphatic imine (C=N–C) groups is 1. The third-order valence-corrected chi connectivity index (χ3v) is 4.40. The molecule has 0 aliphatic heterocycles. The quantitative estimate of drug-likeness (QED) is 0.391. The normalized spacial score (nSPS) is 15.4. The number of hydrogen-bond donors (Lipinski definition) is 2. The summed E-state index contributed by atoms with van der Waals surface area (Å²) in [6.07, 6.45) is 12.9. The number of aliphatic hydroxyl groups excluding tert-OH is 1. The van der Waals surface area contributed by atoms with Gasteiger partial charge in [0.1, 0.15) is 29.6 Å². The highest BCUT2D eigenvalue weighted by Crippen LogP contribution is 2.30. The predicted octanol–water partition coefficient (Wildman–Crippen LogP) is 2.12. The number of fused-ring (bicyclic) bond motifs is 1. The second-order valence-corrected chi connectivity index (χ2v) is 6.59. The summed E-state index contributed by atoms with van der Waals surface area (Å²) in [5, 5.41) is 18.0. The number of ketones is 1. The van der Waals surface area contributed by atoms with Crippen LogP contribution in [0, 0.1) is 0 Å². The Morgan fingerprint density at radius 1 is 1.29 bits per heavy atom. The third kappa shape index (κ3) is 3.71. The van der Waals surface area contributed by atoms with Gasteiger partial charge in [0.25, 0.3) is 0 Å². The van der Waals surface area contributed by atoms with E-state index in [4.69, 9.17) is 0 Å². The van der Waals surface area contributed by atoms with Gasteiger partial charge in [0.05, 0.1) is 19.1 Å². The largest absolute Gasteiger partial charge is 0.506 e. The average Bonchev–Trinajstić information content (AvgIpc) is 3.24. The van der Waals surface area contributed by atoms with E-state index in [1.54, 1.807) is 4.52 Å². The van der Waals surface area contributed by atoms with E-state index >= 15 is 0 Å². The molecule has 8 heteroatoms. The summed E-state index contributed by atoms with van der Waals surface area (Å²) in [6.45, 7) is 1.61. The number of rotatable bonds is 6. The molecular formula is C20H21N6O2+.